The molecule has 0 saturated carbocycles. The van der Waals surface area contributed by atoms with E-state index >= 15 is 0 Å². The summed E-state index contributed by atoms with van der Waals surface area (Å²) in [5, 5.41) is 5.77. The third kappa shape index (κ3) is 4.24. The Balaban J connectivity index is 1.92. The van der Waals surface area contributed by atoms with Gasteiger partial charge in [0.1, 0.15) is 12.3 Å². The number of amides is 1. The van der Waals surface area contributed by atoms with E-state index in [2.05, 4.69) is 22.2 Å². The van der Waals surface area contributed by atoms with Crippen molar-refractivity contribution in [2.75, 3.05) is 19.7 Å². The molecule has 1 aromatic rings. The lowest BCUT2D eigenvalue weighted by atomic mass is 10.0. The topological polar surface area (TPSA) is 88.7 Å². The van der Waals surface area contributed by atoms with Gasteiger partial charge in [0.25, 0.3) is 0 Å². The lowest BCUT2D eigenvalue weighted by Gasteiger charge is -2.26. The maximum atomic E-state index is 11.4. The van der Waals surface area contributed by atoms with Crippen LogP contribution in [0, 0.1) is 0 Å². The molecule has 1 aromatic carbocycles. The highest BCUT2D eigenvalue weighted by atomic mass is 16.5. The highest BCUT2D eigenvalue weighted by molar-refractivity contribution is 5.84. The Bertz CT molecular complexity index is 542. The van der Waals surface area contributed by atoms with Crippen LogP contribution in [0.3, 0.4) is 0 Å². The number of fused-ring (bicyclic) bond motifs is 1. The molecule has 0 radical (unpaired) electrons. The lowest BCUT2D eigenvalue weighted by molar-refractivity contribution is -0.119. The van der Waals surface area contributed by atoms with Crippen LogP contribution >= 0.6 is 0 Å². The normalized spacial score (nSPS) is 17.3. The number of para-hydroxylation sites is 1. The van der Waals surface area contributed by atoms with Gasteiger partial charge in [-0.15, -0.1) is 6.58 Å². The molecule has 1 heterocycles. The molecule has 2 rings (SSSR count). The predicted octanol–water partition coefficient (Wildman–Crippen LogP) is 0.717. The van der Waals surface area contributed by atoms with Crippen LogP contribution in [-0.2, 0) is 4.79 Å². The molecule has 1 amide bonds. The molecular formula is C15H20N4O2. The van der Waals surface area contributed by atoms with Gasteiger partial charge in [-0.05, 0) is 6.07 Å². The van der Waals surface area contributed by atoms with Crippen molar-refractivity contribution in [2.45, 2.75) is 12.5 Å². The van der Waals surface area contributed by atoms with Gasteiger partial charge in [-0.2, -0.15) is 0 Å². The third-order valence-corrected chi connectivity index (χ3v) is 3.12. The number of nitrogens with zero attached hydrogens (tertiary/aromatic N) is 1. The van der Waals surface area contributed by atoms with Gasteiger partial charge in [0.15, 0.2) is 5.96 Å². The lowest BCUT2D eigenvalue weighted by Crippen LogP contribution is -2.38. The minimum absolute atomic E-state index is 0.00244. The number of nitrogens with one attached hydrogen (secondary N) is 2. The number of nitrogens with two attached hydrogens (primary N) is 1. The van der Waals surface area contributed by atoms with Gasteiger partial charge in [-0.25, -0.2) is 4.99 Å². The zero-order valence-electron chi connectivity index (χ0n) is 11.8. The number of ether oxygens (including phenoxy) is 1. The molecule has 112 valence electrons. The number of carbonyl (C=O) groups is 1. The van der Waals surface area contributed by atoms with Gasteiger partial charge in [0.05, 0.1) is 12.6 Å². The fraction of sp³-hybridized carbons (Fsp3) is 0.333. The SMILES string of the molecule is C=CCNC(=O)CN=C(N)NC1CCOc2ccccc21. The smallest absolute Gasteiger partial charge is 0.242 e. The quantitative estimate of drug-likeness (QED) is 0.423. The molecule has 0 spiro atoms. The van der Waals surface area contributed by atoms with E-state index in [9.17, 15) is 4.79 Å². The highest BCUT2D eigenvalue weighted by Crippen LogP contribution is 2.31. The molecule has 0 aromatic heterocycles. The Morgan fingerprint density at radius 3 is 3.14 bits per heavy atom. The van der Waals surface area contributed by atoms with Crippen LogP contribution in [0.15, 0.2) is 41.9 Å². The average molecular weight is 288 g/mol. The van der Waals surface area contributed by atoms with Crippen LogP contribution in [-0.4, -0.2) is 31.6 Å². The number of benzene rings is 1. The molecule has 1 aliphatic rings. The molecule has 0 saturated heterocycles. The number of hydrogen-bond acceptors (Lipinski definition) is 3. The first-order valence-corrected chi connectivity index (χ1v) is 6.86. The fourth-order valence-electron chi connectivity index (χ4n) is 2.12. The summed E-state index contributed by atoms with van der Waals surface area (Å²) in [5.41, 5.74) is 6.89. The fourth-order valence-corrected chi connectivity index (χ4v) is 2.12. The number of rotatable bonds is 5. The van der Waals surface area contributed by atoms with E-state index in [1.54, 1.807) is 6.08 Å². The van der Waals surface area contributed by atoms with E-state index in [1.807, 2.05) is 24.3 Å². The summed E-state index contributed by atoms with van der Waals surface area (Å²) >= 11 is 0. The van der Waals surface area contributed by atoms with Crippen molar-refractivity contribution in [1.82, 2.24) is 10.6 Å². The van der Waals surface area contributed by atoms with Crippen molar-refractivity contribution >= 4 is 11.9 Å². The van der Waals surface area contributed by atoms with Crippen molar-refractivity contribution in [3.8, 4) is 5.75 Å². The first-order chi connectivity index (χ1) is 10.2. The van der Waals surface area contributed by atoms with Crippen molar-refractivity contribution in [2.24, 2.45) is 10.7 Å². The van der Waals surface area contributed by atoms with Gasteiger partial charge < -0.3 is 21.1 Å². The van der Waals surface area contributed by atoms with E-state index in [1.165, 1.54) is 0 Å². The van der Waals surface area contributed by atoms with Crippen LogP contribution in [0.25, 0.3) is 0 Å². The molecule has 6 nitrogen and oxygen atoms in total. The van der Waals surface area contributed by atoms with E-state index in [0.29, 0.717) is 13.2 Å². The summed E-state index contributed by atoms with van der Waals surface area (Å²) < 4.78 is 5.58. The third-order valence-electron chi connectivity index (χ3n) is 3.12. The number of aliphatic imine (C=N–C) groups is 1. The standard InChI is InChI=1S/C15H20N4O2/c1-2-8-17-14(20)10-18-15(16)19-12-7-9-21-13-6-4-3-5-11(12)13/h2-6,12H,1,7-10H2,(H,17,20)(H3,16,18,19). The zero-order valence-corrected chi connectivity index (χ0v) is 11.8. The Morgan fingerprint density at radius 1 is 1.52 bits per heavy atom. The van der Waals surface area contributed by atoms with Gasteiger partial charge in [-0.1, -0.05) is 24.3 Å². The largest absolute Gasteiger partial charge is 0.493 e. The maximum absolute atomic E-state index is 11.4. The van der Waals surface area contributed by atoms with Gasteiger partial charge in [0.2, 0.25) is 5.91 Å². The summed E-state index contributed by atoms with van der Waals surface area (Å²) in [5.74, 6) is 0.926. The second-order valence-electron chi connectivity index (χ2n) is 4.67. The molecule has 0 aliphatic carbocycles. The minimum Gasteiger partial charge on any atom is -0.493 e. The second-order valence-corrected chi connectivity index (χ2v) is 4.67. The van der Waals surface area contributed by atoms with Crippen LogP contribution in [0.2, 0.25) is 0 Å². The summed E-state index contributed by atoms with van der Waals surface area (Å²) in [6.07, 6.45) is 2.41. The van der Waals surface area contributed by atoms with Gasteiger partial charge >= 0.3 is 0 Å². The van der Waals surface area contributed by atoms with Gasteiger partial charge in [0, 0.05) is 18.5 Å². The predicted molar refractivity (Wildman–Crippen MR) is 82.1 cm³/mol. The van der Waals surface area contributed by atoms with E-state index in [-0.39, 0.29) is 24.5 Å². The molecule has 1 atom stereocenters. The summed E-state index contributed by atoms with van der Waals surface area (Å²) in [6, 6.07) is 7.87. The monoisotopic (exact) mass is 288 g/mol. The Kier molecular flexibility index (Phi) is 5.20. The van der Waals surface area contributed by atoms with Crippen molar-refractivity contribution in [1.29, 1.82) is 0 Å². The molecule has 0 bridgehead atoms. The Morgan fingerprint density at radius 2 is 2.33 bits per heavy atom. The number of hydrogen-bond donors (Lipinski definition) is 3. The molecule has 1 aliphatic heterocycles. The van der Waals surface area contributed by atoms with E-state index in [0.717, 1.165) is 17.7 Å². The number of guanidine groups is 1. The Labute approximate surface area is 124 Å². The minimum atomic E-state index is -0.188. The number of carbonyl (C=O) groups excluding carboxylic acids is 1. The molecule has 6 heteroatoms. The van der Waals surface area contributed by atoms with Gasteiger partial charge in [-0.3, -0.25) is 4.79 Å². The maximum Gasteiger partial charge on any atom is 0.242 e. The van der Waals surface area contributed by atoms with Crippen molar-refractivity contribution < 1.29 is 9.53 Å². The highest BCUT2D eigenvalue weighted by Gasteiger charge is 2.21. The molecule has 1 unspecified atom stereocenters. The Hall–Kier alpha value is -2.50. The van der Waals surface area contributed by atoms with Crippen LogP contribution < -0.4 is 21.1 Å². The summed E-state index contributed by atoms with van der Waals surface area (Å²) in [6.45, 7) is 4.58. The zero-order chi connectivity index (χ0) is 15.1. The van der Waals surface area contributed by atoms with Crippen LogP contribution in [0.5, 0.6) is 5.75 Å². The van der Waals surface area contributed by atoms with E-state index < -0.39 is 0 Å². The molecular weight excluding hydrogens is 268 g/mol. The second kappa shape index (κ2) is 7.33. The van der Waals surface area contributed by atoms with Crippen LogP contribution in [0.1, 0.15) is 18.0 Å². The summed E-state index contributed by atoms with van der Waals surface area (Å²) in [4.78, 5) is 15.5. The summed E-state index contributed by atoms with van der Waals surface area (Å²) in [7, 11) is 0. The van der Waals surface area contributed by atoms with Crippen molar-refractivity contribution in [3.63, 3.8) is 0 Å². The van der Waals surface area contributed by atoms with Crippen molar-refractivity contribution in [3.05, 3.63) is 42.5 Å². The average Bonchev–Trinajstić information content (AvgIpc) is 2.51. The first-order valence-electron chi connectivity index (χ1n) is 6.86. The first kappa shape index (κ1) is 14.9. The molecule has 4 N–H and O–H groups in total. The molecule has 0 fully saturated rings. The van der Waals surface area contributed by atoms with E-state index in [4.69, 9.17) is 10.5 Å². The molecule has 21 heavy (non-hydrogen) atoms. The van der Waals surface area contributed by atoms with Crippen LogP contribution in [0.4, 0.5) is 0 Å².